The lowest BCUT2D eigenvalue weighted by Gasteiger charge is -2.20. The van der Waals surface area contributed by atoms with Gasteiger partial charge in [0.25, 0.3) is 5.91 Å². The predicted molar refractivity (Wildman–Crippen MR) is 79.8 cm³/mol. The molecule has 1 amide bonds. The van der Waals surface area contributed by atoms with Crippen LogP contribution in [0.3, 0.4) is 0 Å². The molecule has 0 saturated heterocycles. The third-order valence-corrected chi connectivity index (χ3v) is 3.02. The normalized spacial score (nSPS) is 11.2. The second kappa shape index (κ2) is 5.91. The van der Waals surface area contributed by atoms with E-state index in [0.717, 1.165) is 11.4 Å². The molecule has 0 aliphatic rings. The number of amidine groups is 1. The number of primary amides is 1. The molecule has 0 fully saturated rings. The van der Waals surface area contributed by atoms with Gasteiger partial charge in [-0.2, -0.15) is 0 Å². The van der Waals surface area contributed by atoms with Gasteiger partial charge in [-0.3, -0.25) is 9.78 Å². The third kappa shape index (κ3) is 3.08. The van der Waals surface area contributed by atoms with Crippen LogP contribution in [-0.2, 0) is 0 Å². The SMILES string of the molecule is CN(c1cccc(C(N)=NO)c1)c1ccnc(C(N)=O)c1. The summed E-state index contributed by atoms with van der Waals surface area (Å²) in [6.45, 7) is 0. The highest BCUT2D eigenvalue weighted by atomic mass is 16.4. The Morgan fingerprint density at radius 1 is 1.24 bits per heavy atom. The number of rotatable bonds is 4. The molecule has 0 aliphatic carbocycles. The van der Waals surface area contributed by atoms with Crippen molar-refractivity contribution < 1.29 is 10.0 Å². The predicted octanol–water partition coefficient (Wildman–Crippen LogP) is 1.04. The molecule has 0 bridgehead atoms. The van der Waals surface area contributed by atoms with Crippen molar-refractivity contribution in [1.29, 1.82) is 0 Å². The van der Waals surface area contributed by atoms with E-state index in [2.05, 4.69) is 10.1 Å². The lowest BCUT2D eigenvalue weighted by Crippen LogP contribution is -2.17. The molecule has 0 spiro atoms. The van der Waals surface area contributed by atoms with E-state index in [4.69, 9.17) is 16.7 Å². The summed E-state index contributed by atoms with van der Waals surface area (Å²) in [7, 11) is 1.82. The minimum Gasteiger partial charge on any atom is -0.409 e. The Kier molecular flexibility index (Phi) is 4.03. The van der Waals surface area contributed by atoms with Crippen molar-refractivity contribution in [2.75, 3.05) is 11.9 Å². The van der Waals surface area contributed by atoms with Gasteiger partial charge in [0, 0.05) is 30.2 Å². The van der Waals surface area contributed by atoms with Crippen molar-refractivity contribution in [3.05, 3.63) is 53.9 Å². The molecule has 21 heavy (non-hydrogen) atoms. The molecule has 0 radical (unpaired) electrons. The van der Waals surface area contributed by atoms with Crippen molar-refractivity contribution in [2.24, 2.45) is 16.6 Å². The summed E-state index contributed by atoms with van der Waals surface area (Å²) in [5.74, 6) is -0.562. The van der Waals surface area contributed by atoms with Crippen molar-refractivity contribution in [2.45, 2.75) is 0 Å². The highest BCUT2D eigenvalue weighted by molar-refractivity contribution is 5.98. The fourth-order valence-electron chi connectivity index (χ4n) is 1.84. The van der Waals surface area contributed by atoms with E-state index in [1.807, 2.05) is 18.0 Å². The number of pyridine rings is 1. The Balaban J connectivity index is 2.38. The molecule has 108 valence electrons. The van der Waals surface area contributed by atoms with Gasteiger partial charge in [0.2, 0.25) is 0 Å². The van der Waals surface area contributed by atoms with E-state index >= 15 is 0 Å². The zero-order valence-electron chi connectivity index (χ0n) is 11.4. The highest BCUT2D eigenvalue weighted by Crippen LogP contribution is 2.24. The number of carbonyl (C=O) groups excluding carboxylic acids is 1. The van der Waals surface area contributed by atoms with Crippen LogP contribution in [-0.4, -0.2) is 29.0 Å². The van der Waals surface area contributed by atoms with Crippen LogP contribution >= 0.6 is 0 Å². The largest absolute Gasteiger partial charge is 0.409 e. The van der Waals surface area contributed by atoms with Crippen LogP contribution < -0.4 is 16.4 Å². The van der Waals surface area contributed by atoms with Gasteiger partial charge >= 0.3 is 0 Å². The fraction of sp³-hybridized carbons (Fsp3) is 0.0714. The van der Waals surface area contributed by atoms with Crippen LogP contribution in [0.2, 0.25) is 0 Å². The van der Waals surface area contributed by atoms with Crippen LogP contribution in [0.1, 0.15) is 16.1 Å². The van der Waals surface area contributed by atoms with Gasteiger partial charge in [-0.25, -0.2) is 0 Å². The first-order valence-electron chi connectivity index (χ1n) is 6.10. The Morgan fingerprint density at radius 3 is 2.62 bits per heavy atom. The zero-order valence-corrected chi connectivity index (χ0v) is 11.4. The molecule has 1 aromatic heterocycles. The first-order valence-corrected chi connectivity index (χ1v) is 6.10. The molecule has 0 atom stereocenters. The number of carbonyl (C=O) groups is 1. The summed E-state index contributed by atoms with van der Waals surface area (Å²) >= 11 is 0. The van der Waals surface area contributed by atoms with Gasteiger partial charge in [0.1, 0.15) is 5.69 Å². The van der Waals surface area contributed by atoms with Crippen molar-refractivity contribution >= 4 is 23.1 Å². The molecule has 1 aromatic carbocycles. The van der Waals surface area contributed by atoms with Crippen LogP contribution in [0.15, 0.2) is 47.8 Å². The number of nitrogens with two attached hydrogens (primary N) is 2. The summed E-state index contributed by atoms with van der Waals surface area (Å²) in [4.78, 5) is 16.9. The number of oxime groups is 1. The maximum absolute atomic E-state index is 11.2. The first-order chi connectivity index (χ1) is 10.0. The summed E-state index contributed by atoms with van der Waals surface area (Å²) in [6.07, 6.45) is 1.51. The third-order valence-electron chi connectivity index (χ3n) is 3.02. The van der Waals surface area contributed by atoms with Crippen molar-refractivity contribution in [1.82, 2.24) is 4.98 Å². The van der Waals surface area contributed by atoms with Gasteiger partial charge in [-0.05, 0) is 24.3 Å². The van der Waals surface area contributed by atoms with Gasteiger partial charge in [-0.1, -0.05) is 17.3 Å². The van der Waals surface area contributed by atoms with E-state index < -0.39 is 5.91 Å². The minimum absolute atomic E-state index is 0.0257. The van der Waals surface area contributed by atoms with E-state index in [9.17, 15) is 4.79 Å². The standard InChI is InChI=1S/C14H15N5O2/c1-19(11-5-6-17-12(8-11)14(16)20)10-4-2-3-9(7-10)13(15)18-21/h2-8,21H,1H3,(H2,15,18)(H2,16,20). The van der Waals surface area contributed by atoms with Gasteiger partial charge in [0.05, 0.1) is 0 Å². The average Bonchev–Trinajstić information content (AvgIpc) is 2.53. The van der Waals surface area contributed by atoms with E-state index in [1.54, 1.807) is 30.3 Å². The second-order valence-electron chi connectivity index (χ2n) is 4.36. The lowest BCUT2D eigenvalue weighted by molar-refractivity contribution is 0.0995. The molecule has 0 aliphatic heterocycles. The molecular formula is C14H15N5O2. The highest BCUT2D eigenvalue weighted by Gasteiger charge is 2.09. The van der Waals surface area contributed by atoms with Crippen LogP contribution in [0, 0.1) is 0 Å². The number of hydrogen-bond acceptors (Lipinski definition) is 5. The summed E-state index contributed by atoms with van der Waals surface area (Å²) in [5.41, 5.74) is 13.1. The van der Waals surface area contributed by atoms with Gasteiger partial charge < -0.3 is 21.6 Å². The molecular weight excluding hydrogens is 270 g/mol. The first kappa shape index (κ1) is 14.3. The summed E-state index contributed by atoms with van der Waals surface area (Å²) in [6, 6.07) is 10.5. The van der Waals surface area contributed by atoms with Crippen molar-refractivity contribution in [3.63, 3.8) is 0 Å². The lowest BCUT2D eigenvalue weighted by atomic mass is 10.1. The van der Waals surface area contributed by atoms with Crippen LogP contribution in [0.4, 0.5) is 11.4 Å². The molecule has 7 heteroatoms. The monoisotopic (exact) mass is 285 g/mol. The van der Waals surface area contributed by atoms with Gasteiger partial charge in [0.15, 0.2) is 5.84 Å². The second-order valence-corrected chi connectivity index (χ2v) is 4.36. The Hall–Kier alpha value is -3.09. The molecule has 1 heterocycles. The zero-order chi connectivity index (χ0) is 15.4. The number of hydrogen-bond donors (Lipinski definition) is 3. The Labute approximate surface area is 121 Å². The van der Waals surface area contributed by atoms with Crippen molar-refractivity contribution in [3.8, 4) is 0 Å². The topological polar surface area (TPSA) is 118 Å². The minimum atomic E-state index is -0.587. The smallest absolute Gasteiger partial charge is 0.267 e. The van der Waals surface area contributed by atoms with E-state index in [0.29, 0.717) is 5.56 Å². The summed E-state index contributed by atoms with van der Waals surface area (Å²) in [5, 5.41) is 11.7. The molecule has 7 nitrogen and oxygen atoms in total. The maximum atomic E-state index is 11.2. The Morgan fingerprint density at radius 2 is 1.95 bits per heavy atom. The van der Waals surface area contributed by atoms with Gasteiger partial charge in [-0.15, -0.1) is 0 Å². The fourth-order valence-corrected chi connectivity index (χ4v) is 1.84. The molecule has 2 aromatic rings. The number of nitrogens with zero attached hydrogens (tertiary/aromatic N) is 3. The summed E-state index contributed by atoms with van der Waals surface area (Å²) < 4.78 is 0. The number of amides is 1. The molecule has 0 unspecified atom stereocenters. The maximum Gasteiger partial charge on any atom is 0.267 e. The van der Waals surface area contributed by atoms with E-state index in [1.165, 1.54) is 6.20 Å². The van der Waals surface area contributed by atoms with Crippen LogP contribution in [0.5, 0.6) is 0 Å². The average molecular weight is 285 g/mol. The molecule has 2 rings (SSSR count). The quantitative estimate of drug-likeness (QED) is 0.336. The number of anilines is 2. The number of aromatic nitrogens is 1. The molecule has 5 N–H and O–H groups in total. The number of benzene rings is 1. The van der Waals surface area contributed by atoms with E-state index in [-0.39, 0.29) is 11.5 Å². The molecule has 0 saturated carbocycles. The van der Waals surface area contributed by atoms with Crippen LogP contribution in [0.25, 0.3) is 0 Å². The Bertz CT molecular complexity index is 699.